The van der Waals surface area contributed by atoms with Crippen LogP contribution in [0.15, 0.2) is 24.3 Å². The highest BCUT2D eigenvalue weighted by Gasteiger charge is 2.01. The molecule has 0 aliphatic carbocycles. The fraction of sp³-hybridized carbons (Fsp3) is 0.333. The highest BCUT2D eigenvalue weighted by molar-refractivity contribution is 5.59. The Morgan fingerprint density at radius 2 is 2.06 bits per heavy atom. The molecule has 0 heterocycles. The van der Waals surface area contributed by atoms with Crippen molar-refractivity contribution in [3.8, 4) is 11.5 Å². The standard InChI is InChI=1S/C12H17NO3/c1-14-11-7-6-10(12(9-11)15-2)5-3-4-8-16-13/h3,5-7,9H,4,8,13H2,1-2H3/b5-3+. The Hall–Kier alpha value is -1.52. The van der Waals surface area contributed by atoms with Gasteiger partial charge in [0, 0.05) is 11.6 Å². The lowest BCUT2D eigenvalue weighted by Crippen LogP contribution is -1.98. The summed E-state index contributed by atoms with van der Waals surface area (Å²) >= 11 is 0. The smallest absolute Gasteiger partial charge is 0.129 e. The number of nitrogens with two attached hydrogens (primary N) is 1. The van der Waals surface area contributed by atoms with Crippen molar-refractivity contribution in [1.82, 2.24) is 0 Å². The molecular weight excluding hydrogens is 206 g/mol. The Morgan fingerprint density at radius 1 is 1.25 bits per heavy atom. The summed E-state index contributed by atoms with van der Waals surface area (Å²) in [5, 5.41) is 0. The van der Waals surface area contributed by atoms with E-state index in [4.69, 9.17) is 15.4 Å². The monoisotopic (exact) mass is 223 g/mol. The maximum absolute atomic E-state index is 5.26. The first-order valence-corrected chi connectivity index (χ1v) is 5.02. The van der Waals surface area contributed by atoms with Gasteiger partial charge >= 0.3 is 0 Å². The minimum Gasteiger partial charge on any atom is -0.497 e. The minimum absolute atomic E-state index is 0.509. The molecule has 0 bridgehead atoms. The van der Waals surface area contributed by atoms with E-state index in [0.29, 0.717) is 6.61 Å². The average Bonchev–Trinajstić information content (AvgIpc) is 2.34. The molecule has 0 atom stereocenters. The van der Waals surface area contributed by atoms with Gasteiger partial charge in [-0.25, -0.2) is 5.90 Å². The van der Waals surface area contributed by atoms with Crippen LogP contribution >= 0.6 is 0 Å². The van der Waals surface area contributed by atoms with Gasteiger partial charge in [0.25, 0.3) is 0 Å². The fourth-order valence-electron chi connectivity index (χ4n) is 1.30. The summed E-state index contributed by atoms with van der Waals surface area (Å²) in [6, 6.07) is 5.68. The van der Waals surface area contributed by atoms with Crippen LogP contribution in [0.4, 0.5) is 0 Å². The third kappa shape index (κ3) is 3.56. The molecule has 4 nitrogen and oxygen atoms in total. The van der Waals surface area contributed by atoms with Gasteiger partial charge in [-0.2, -0.15) is 0 Å². The van der Waals surface area contributed by atoms with E-state index in [1.54, 1.807) is 14.2 Å². The highest BCUT2D eigenvalue weighted by Crippen LogP contribution is 2.25. The van der Waals surface area contributed by atoms with Gasteiger partial charge in [-0.1, -0.05) is 12.2 Å². The first kappa shape index (κ1) is 12.5. The lowest BCUT2D eigenvalue weighted by molar-refractivity contribution is 0.143. The number of hydrogen-bond acceptors (Lipinski definition) is 4. The Bertz CT molecular complexity index is 350. The van der Waals surface area contributed by atoms with Crippen LogP contribution in [0, 0.1) is 0 Å². The topological polar surface area (TPSA) is 53.7 Å². The molecule has 2 N–H and O–H groups in total. The Morgan fingerprint density at radius 3 is 2.69 bits per heavy atom. The Kier molecular flexibility index (Phi) is 5.39. The predicted molar refractivity (Wildman–Crippen MR) is 63.3 cm³/mol. The van der Waals surface area contributed by atoms with Gasteiger partial charge in [0.15, 0.2) is 0 Å². The summed E-state index contributed by atoms with van der Waals surface area (Å²) < 4.78 is 10.4. The van der Waals surface area contributed by atoms with Gasteiger partial charge in [-0.15, -0.1) is 0 Å². The van der Waals surface area contributed by atoms with Crippen molar-refractivity contribution in [1.29, 1.82) is 0 Å². The van der Waals surface area contributed by atoms with E-state index in [9.17, 15) is 0 Å². The summed E-state index contributed by atoms with van der Waals surface area (Å²) in [7, 11) is 3.26. The molecule has 0 spiro atoms. The first-order chi connectivity index (χ1) is 7.81. The molecule has 4 heteroatoms. The van der Waals surface area contributed by atoms with Crippen molar-refractivity contribution >= 4 is 6.08 Å². The molecule has 0 radical (unpaired) electrons. The second-order valence-electron chi connectivity index (χ2n) is 3.17. The molecule has 1 aromatic carbocycles. The molecule has 1 rings (SSSR count). The quantitative estimate of drug-likeness (QED) is 0.592. The van der Waals surface area contributed by atoms with Gasteiger partial charge in [0.1, 0.15) is 11.5 Å². The molecule has 0 fully saturated rings. The molecule has 88 valence electrons. The summed E-state index contributed by atoms with van der Waals surface area (Å²) in [6.45, 7) is 0.509. The van der Waals surface area contributed by atoms with E-state index < -0.39 is 0 Å². The molecular formula is C12H17NO3. The summed E-state index contributed by atoms with van der Waals surface area (Å²) in [4.78, 5) is 4.47. The van der Waals surface area contributed by atoms with E-state index in [2.05, 4.69) is 4.84 Å². The third-order valence-corrected chi connectivity index (χ3v) is 2.14. The van der Waals surface area contributed by atoms with Crippen molar-refractivity contribution in [2.75, 3.05) is 20.8 Å². The normalized spacial score (nSPS) is 10.7. The SMILES string of the molecule is COc1ccc(/C=C/CCON)c(OC)c1. The van der Waals surface area contributed by atoms with Gasteiger partial charge in [-0.3, -0.25) is 0 Å². The Labute approximate surface area is 95.6 Å². The van der Waals surface area contributed by atoms with Crippen LogP contribution in [-0.4, -0.2) is 20.8 Å². The molecule has 0 unspecified atom stereocenters. The highest BCUT2D eigenvalue weighted by atomic mass is 16.6. The summed E-state index contributed by atoms with van der Waals surface area (Å²) in [5.41, 5.74) is 1.00. The van der Waals surface area contributed by atoms with Crippen LogP contribution in [0.5, 0.6) is 11.5 Å². The lowest BCUT2D eigenvalue weighted by atomic mass is 10.1. The van der Waals surface area contributed by atoms with Crippen LogP contribution < -0.4 is 15.4 Å². The average molecular weight is 223 g/mol. The van der Waals surface area contributed by atoms with Crippen LogP contribution in [-0.2, 0) is 4.84 Å². The molecule has 16 heavy (non-hydrogen) atoms. The van der Waals surface area contributed by atoms with Crippen molar-refractivity contribution < 1.29 is 14.3 Å². The number of methoxy groups -OCH3 is 2. The van der Waals surface area contributed by atoms with Crippen LogP contribution in [0.25, 0.3) is 6.08 Å². The van der Waals surface area contributed by atoms with E-state index in [-0.39, 0.29) is 0 Å². The maximum atomic E-state index is 5.26. The van der Waals surface area contributed by atoms with E-state index >= 15 is 0 Å². The maximum Gasteiger partial charge on any atom is 0.129 e. The van der Waals surface area contributed by atoms with E-state index in [1.807, 2.05) is 30.4 Å². The molecule has 0 aliphatic rings. The van der Waals surface area contributed by atoms with E-state index in [0.717, 1.165) is 23.5 Å². The van der Waals surface area contributed by atoms with Crippen molar-refractivity contribution in [2.45, 2.75) is 6.42 Å². The zero-order chi connectivity index (χ0) is 11.8. The molecule has 0 saturated heterocycles. The number of ether oxygens (including phenoxy) is 2. The summed E-state index contributed by atoms with van der Waals surface area (Å²) in [6.07, 6.45) is 4.72. The zero-order valence-corrected chi connectivity index (χ0v) is 9.60. The van der Waals surface area contributed by atoms with Crippen molar-refractivity contribution in [3.05, 3.63) is 29.8 Å². The summed E-state index contributed by atoms with van der Waals surface area (Å²) in [5.74, 6) is 6.49. The molecule has 0 saturated carbocycles. The minimum atomic E-state index is 0.509. The Balaban J connectivity index is 2.75. The largest absolute Gasteiger partial charge is 0.497 e. The van der Waals surface area contributed by atoms with Gasteiger partial charge in [0.2, 0.25) is 0 Å². The number of hydrogen-bond donors (Lipinski definition) is 1. The lowest BCUT2D eigenvalue weighted by Gasteiger charge is -2.07. The van der Waals surface area contributed by atoms with Crippen molar-refractivity contribution in [3.63, 3.8) is 0 Å². The fourth-order valence-corrected chi connectivity index (χ4v) is 1.30. The van der Waals surface area contributed by atoms with Crippen LogP contribution in [0.1, 0.15) is 12.0 Å². The van der Waals surface area contributed by atoms with Crippen molar-refractivity contribution in [2.24, 2.45) is 5.90 Å². The van der Waals surface area contributed by atoms with Gasteiger partial charge < -0.3 is 14.3 Å². The molecule has 0 amide bonds. The van der Waals surface area contributed by atoms with Crippen LogP contribution in [0.3, 0.4) is 0 Å². The molecule has 1 aromatic rings. The molecule has 0 aromatic heterocycles. The second kappa shape index (κ2) is 6.87. The van der Waals surface area contributed by atoms with Gasteiger partial charge in [-0.05, 0) is 18.6 Å². The second-order valence-corrected chi connectivity index (χ2v) is 3.17. The van der Waals surface area contributed by atoms with Crippen LogP contribution in [0.2, 0.25) is 0 Å². The molecule has 0 aliphatic heterocycles. The first-order valence-electron chi connectivity index (χ1n) is 5.02. The van der Waals surface area contributed by atoms with Gasteiger partial charge in [0.05, 0.1) is 20.8 Å². The predicted octanol–water partition coefficient (Wildman–Crippen LogP) is 2.00. The zero-order valence-electron chi connectivity index (χ0n) is 9.60. The van der Waals surface area contributed by atoms with E-state index in [1.165, 1.54) is 0 Å². The number of benzene rings is 1. The third-order valence-electron chi connectivity index (χ3n) is 2.14. The number of rotatable bonds is 6.